The number of rotatable bonds is 7. The van der Waals surface area contributed by atoms with Gasteiger partial charge in [-0.15, -0.1) is 0 Å². The van der Waals surface area contributed by atoms with Crippen molar-refractivity contribution in [3.05, 3.63) is 65.2 Å². The average molecular weight is 396 g/mol. The molecule has 0 amide bonds. The summed E-state index contributed by atoms with van der Waals surface area (Å²) in [6, 6.07) is 16.2. The highest BCUT2D eigenvalue weighted by atomic mass is 16.5. The maximum Gasteiger partial charge on any atom is 0.187 e. The van der Waals surface area contributed by atoms with Crippen molar-refractivity contribution in [3.63, 3.8) is 0 Å². The molecule has 0 aromatic heterocycles. The summed E-state index contributed by atoms with van der Waals surface area (Å²) in [7, 11) is 3.97. The van der Waals surface area contributed by atoms with Crippen molar-refractivity contribution in [1.82, 2.24) is 4.90 Å². The maximum absolute atomic E-state index is 13.9. The van der Waals surface area contributed by atoms with Crippen LogP contribution < -0.4 is 10.6 Å². The molecule has 1 aliphatic heterocycles. The van der Waals surface area contributed by atoms with E-state index in [-0.39, 0.29) is 11.7 Å². The topological polar surface area (TPSA) is 58.8 Å². The van der Waals surface area contributed by atoms with Gasteiger partial charge in [-0.1, -0.05) is 38.1 Å². The number of Topliss-reactive ketones (excluding diaryl/α,β-unsaturated/α-hetero) is 1. The third kappa shape index (κ3) is 4.08. The van der Waals surface area contributed by atoms with Gasteiger partial charge < -0.3 is 15.4 Å². The highest BCUT2D eigenvalue weighted by molar-refractivity contribution is 6.04. The molecule has 5 heteroatoms. The summed E-state index contributed by atoms with van der Waals surface area (Å²) in [6.45, 7) is 7.97. The Kier molecular flexibility index (Phi) is 6.73. The first-order chi connectivity index (χ1) is 13.9. The number of carbonyl (C=O) groups is 1. The number of anilines is 1. The Balaban J connectivity index is 1.97. The molecule has 0 aliphatic carbocycles. The molecule has 1 aliphatic rings. The SMILES string of the molecule is CC(C)C(C(=O)c1ccc(N2CCOCC2)cc1)(c1ccc(CN)cc1)N(C)C. The first kappa shape index (κ1) is 21.5. The van der Waals surface area contributed by atoms with Crippen LogP contribution in [0, 0.1) is 5.92 Å². The Morgan fingerprint density at radius 3 is 2.14 bits per heavy atom. The van der Waals surface area contributed by atoms with E-state index in [1.807, 2.05) is 55.4 Å². The summed E-state index contributed by atoms with van der Waals surface area (Å²) in [5.41, 5.74) is 8.95. The van der Waals surface area contributed by atoms with Crippen molar-refractivity contribution in [3.8, 4) is 0 Å². The fraction of sp³-hybridized carbons (Fsp3) is 0.458. The molecule has 1 atom stereocenters. The minimum absolute atomic E-state index is 0.0904. The summed E-state index contributed by atoms with van der Waals surface area (Å²) < 4.78 is 5.44. The van der Waals surface area contributed by atoms with Gasteiger partial charge in [0, 0.05) is 30.9 Å². The van der Waals surface area contributed by atoms with Gasteiger partial charge in [-0.3, -0.25) is 9.69 Å². The van der Waals surface area contributed by atoms with Crippen molar-refractivity contribution < 1.29 is 9.53 Å². The van der Waals surface area contributed by atoms with Gasteiger partial charge in [0.15, 0.2) is 5.78 Å². The van der Waals surface area contributed by atoms with Gasteiger partial charge in [0.05, 0.1) is 13.2 Å². The zero-order chi connectivity index (χ0) is 21.0. The highest BCUT2D eigenvalue weighted by Gasteiger charge is 2.45. The van der Waals surface area contributed by atoms with Gasteiger partial charge in [-0.05, 0) is 55.4 Å². The minimum atomic E-state index is -0.742. The molecule has 0 saturated carbocycles. The molecule has 1 unspecified atom stereocenters. The van der Waals surface area contributed by atoms with E-state index in [4.69, 9.17) is 10.5 Å². The Labute approximate surface area is 174 Å². The maximum atomic E-state index is 13.9. The van der Waals surface area contributed by atoms with Crippen molar-refractivity contribution in [2.24, 2.45) is 11.7 Å². The molecule has 2 aromatic carbocycles. The van der Waals surface area contributed by atoms with E-state index < -0.39 is 5.54 Å². The lowest BCUT2D eigenvalue weighted by atomic mass is 9.73. The summed E-state index contributed by atoms with van der Waals surface area (Å²) >= 11 is 0. The third-order valence-electron chi connectivity index (χ3n) is 6.02. The smallest absolute Gasteiger partial charge is 0.187 e. The first-order valence-electron chi connectivity index (χ1n) is 10.4. The van der Waals surface area contributed by atoms with Crippen LogP contribution in [0.15, 0.2) is 48.5 Å². The van der Waals surface area contributed by atoms with E-state index in [1.54, 1.807) is 0 Å². The molecule has 0 radical (unpaired) electrons. The Hall–Kier alpha value is -2.21. The summed E-state index contributed by atoms with van der Waals surface area (Å²) in [5.74, 6) is 0.208. The number of nitrogens with two attached hydrogens (primary N) is 1. The Morgan fingerprint density at radius 1 is 1.07 bits per heavy atom. The van der Waals surface area contributed by atoms with Crippen molar-refractivity contribution in [2.45, 2.75) is 25.9 Å². The van der Waals surface area contributed by atoms with Crippen LogP contribution in [0.5, 0.6) is 0 Å². The average Bonchev–Trinajstić information content (AvgIpc) is 2.75. The number of nitrogens with zero attached hydrogens (tertiary/aromatic N) is 2. The minimum Gasteiger partial charge on any atom is -0.378 e. The lowest BCUT2D eigenvalue weighted by Crippen LogP contribution is -2.52. The highest BCUT2D eigenvalue weighted by Crippen LogP contribution is 2.38. The molecule has 5 nitrogen and oxygen atoms in total. The quantitative estimate of drug-likeness (QED) is 0.729. The van der Waals surface area contributed by atoms with Crippen LogP contribution in [-0.4, -0.2) is 51.1 Å². The van der Waals surface area contributed by atoms with Crippen molar-refractivity contribution in [1.29, 1.82) is 0 Å². The zero-order valence-electron chi connectivity index (χ0n) is 18.0. The van der Waals surface area contributed by atoms with Gasteiger partial charge in [-0.25, -0.2) is 0 Å². The van der Waals surface area contributed by atoms with Gasteiger partial charge in [0.1, 0.15) is 5.54 Å². The van der Waals surface area contributed by atoms with Crippen LogP contribution in [0.3, 0.4) is 0 Å². The second-order valence-electron chi connectivity index (χ2n) is 8.19. The number of carbonyl (C=O) groups excluding carboxylic acids is 1. The molecule has 29 heavy (non-hydrogen) atoms. The molecular formula is C24H33N3O2. The molecule has 156 valence electrons. The fourth-order valence-corrected chi connectivity index (χ4v) is 4.46. The lowest BCUT2D eigenvalue weighted by Gasteiger charge is -2.42. The number of ether oxygens (including phenoxy) is 1. The monoisotopic (exact) mass is 395 g/mol. The van der Waals surface area contributed by atoms with Crippen molar-refractivity contribution in [2.75, 3.05) is 45.3 Å². The Morgan fingerprint density at radius 2 is 1.66 bits per heavy atom. The van der Waals surface area contributed by atoms with Gasteiger partial charge in [-0.2, -0.15) is 0 Å². The van der Waals surface area contributed by atoms with Crippen LogP contribution >= 0.6 is 0 Å². The molecule has 2 N–H and O–H groups in total. The number of ketones is 1. The van der Waals surface area contributed by atoms with E-state index in [1.165, 1.54) is 0 Å². The second kappa shape index (κ2) is 9.08. The van der Waals surface area contributed by atoms with Crippen LogP contribution in [0.1, 0.15) is 35.3 Å². The third-order valence-corrected chi connectivity index (χ3v) is 6.02. The molecule has 1 saturated heterocycles. The van der Waals surface area contributed by atoms with Crippen LogP contribution in [0.2, 0.25) is 0 Å². The molecule has 3 rings (SSSR count). The predicted molar refractivity (Wildman–Crippen MR) is 118 cm³/mol. The predicted octanol–water partition coefficient (Wildman–Crippen LogP) is 3.28. The van der Waals surface area contributed by atoms with Crippen molar-refractivity contribution >= 4 is 11.5 Å². The molecule has 0 bridgehead atoms. The van der Waals surface area contributed by atoms with Gasteiger partial charge in [0.2, 0.25) is 0 Å². The van der Waals surface area contributed by atoms with E-state index in [0.29, 0.717) is 6.54 Å². The number of morpholine rings is 1. The first-order valence-corrected chi connectivity index (χ1v) is 10.4. The normalized spacial score (nSPS) is 16.9. The van der Waals surface area contributed by atoms with E-state index in [2.05, 4.69) is 30.9 Å². The molecule has 1 fully saturated rings. The number of hydrogen-bond donors (Lipinski definition) is 1. The lowest BCUT2D eigenvalue weighted by molar-refractivity contribution is 0.0529. The summed E-state index contributed by atoms with van der Waals surface area (Å²) in [6.07, 6.45) is 0. The van der Waals surface area contributed by atoms with E-state index in [0.717, 1.165) is 48.7 Å². The molecule has 2 aromatic rings. The van der Waals surface area contributed by atoms with Crippen LogP contribution in [-0.2, 0) is 16.8 Å². The Bertz CT molecular complexity index is 799. The van der Waals surface area contributed by atoms with E-state index >= 15 is 0 Å². The van der Waals surface area contributed by atoms with Gasteiger partial charge >= 0.3 is 0 Å². The standard InChI is InChI=1S/C24H33N3O2/c1-18(2)24(26(3)4,21-9-5-19(17-25)6-10-21)23(28)20-7-11-22(12-8-20)27-13-15-29-16-14-27/h5-12,18H,13-17,25H2,1-4H3. The largest absolute Gasteiger partial charge is 0.378 e. The second-order valence-corrected chi connectivity index (χ2v) is 8.19. The van der Waals surface area contributed by atoms with Crippen LogP contribution in [0.25, 0.3) is 0 Å². The molecular weight excluding hydrogens is 362 g/mol. The zero-order valence-corrected chi connectivity index (χ0v) is 18.0. The van der Waals surface area contributed by atoms with Crippen LogP contribution in [0.4, 0.5) is 5.69 Å². The summed E-state index contributed by atoms with van der Waals surface area (Å²) in [4.78, 5) is 18.2. The van der Waals surface area contributed by atoms with Gasteiger partial charge in [0.25, 0.3) is 0 Å². The molecule has 1 heterocycles. The number of benzene rings is 2. The number of likely N-dealkylation sites (N-methyl/N-ethyl adjacent to an activating group) is 1. The van der Waals surface area contributed by atoms with E-state index in [9.17, 15) is 4.79 Å². The fourth-order valence-electron chi connectivity index (χ4n) is 4.46. The number of hydrogen-bond acceptors (Lipinski definition) is 5. The molecule has 0 spiro atoms. The summed E-state index contributed by atoms with van der Waals surface area (Å²) in [5, 5.41) is 0.